The highest BCUT2D eigenvalue weighted by molar-refractivity contribution is 7.22. The number of thiophene rings is 1. The van der Waals surface area contributed by atoms with Gasteiger partial charge in [-0.05, 0) is 49.1 Å². The molecule has 0 N–H and O–H groups in total. The second kappa shape index (κ2) is 6.94. The number of hydrogen-bond acceptors (Lipinski definition) is 4. The second-order valence-electron chi connectivity index (χ2n) is 8.57. The van der Waals surface area contributed by atoms with E-state index in [0.29, 0.717) is 5.58 Å². The van der Waals surface area contributed by atoms with Crippen molar-refractivity contribution >= 4 is 38.5 Å². The van der Waals surface area contributed by atoms with Gasteiger partial charge in [-0.25, -0.2) is 4.79 Å². The lowest BCUT2D eigenvalue weighted by molar-refractivity contribution is 0.161. The summed E-state index contributed by atoms with van der Waals surface area (Å²) < 4.78 is 13.5. The molecule has 0 bridgehead atoms. The fraction of sp³-hybridized carbons (Fsp3) is 0.107. The minimum Gasteiger partial charge on any atom is -0.482 e. The summed E-state index contributed by atoms with van der Waals surface area (Å²) in [7, 11) is 0. The molecule has 3 nitrogen and oxygen atoms in total. The van der Waals surface area contributed by atoms with Crippen LogP contribution in [0.25, 0.3) is 48.7 Å². The van der Waals surface area contributed by atoms with Gasteiger partial charge in [0.05, 0.1) is 5.39 Å². The molecule has 0 radical (unpaired) electrons. The minimum atomic E-state index is -0.469. The standard InChI is InChI=1S/C28H20O3S/c1-28(2)13-12-19-21(24-14-18-10-6-7-11-23(18)32-24)15-22-26(27(19)31-28)20(16-25(29)30-22)17-8-4-3-5-9-17/h3-16H,1-2H3. The van der Waals surface area contributed by atoms with Gasteiger partial charge in [0.15, 0.2) is 0 Å². The van der Waals surface area contributed by atoms with Gasteiger partial charge in [-0.2, -0.15) is 0 Å². The summed E-state index contributed by atoms with van der Waals surface area (Å²) in [5.74, 6) is 0.755. The number of rotatable bonds is 2. The van der Waals surface area contributed by atoms with Crippen LogP contribution in [0.5, 0.6) is 5.75 Å². The van der Waals surface area contributed by atoms with E-state index in [-0.39, 0.29) is 5.63 Å². The Labute approximate surface area is 189 Å². The molecule has 0 unspecified atom stereocenters. The van der Waals surface area contributed by atoms with Crippen LogP contribution in [0, 0.1) is 0 Å². The highest BCUT2D eigenvalue weighted by Crippen LogP contribution is 2.47. The van der Waals surface area contributed by atoms with Gasteiger partial charge in [-0.3, -0.25) is 0 Å². The smallest absolute Gasteiger partial charge is 0.336 e. The number of fused-ring (bicyclic) bond motifs is 4. The Morgan fingerprint density at radius 1 is 0.875 bits per heavy atom. The molecule has 3 heterocycles. The Kier molecular flexibility index (Phi) is 4.14. The van der Waals surface area contributed by atoms with Crippen LogP contribution in [0.3, 0.4) is 0 Å². The quantitative estimate of drug-likeness (QED) is 0.269. The fourth-order valence-electron chi connectivity index (χ4n) is 4.33. The first-order valence-corrected chi connectivity index (χ1v) is 11.4. The predicted octanol–water partition coefficient (Wildman–Crippen LogP) is 7.53. The molecular formula is C28H20O3S. The molecule has 0 aliphatic carbocycles. The van der Waals surface area contributed by atoms with E-state index < -0.39 is 5.60 Å². The number of ether oxygens (including phenoxy) is 1. The summed E-state index contributed by atoms with van der Waals surface area (Å²) in [6, 6.07) is 24.0. The third-order valence-electron chi connectivity index (χ3n) is 5.82. The molecule has 0 amide bonds. The van der Waals surface area contributed by atoms with Crippen LogP contribution in [0.4, 0.5) is 0 Å². The maximum atomic E-state index is 12.5. The molecule has 0 atom stereocenters. The zero-order chi connectivity index (χ0) is 21.9. The lowest BCUT2D eigenvalue weighted by Gasteiger charge is -2.30. The van der Waals surface area contributed by atoms with Crippen molar-refractivity contribution in [3.8, 4) is 27.3 Å². The topological polar surface area (TPSA) is 39.4 Å². The van der Waals surface area contributed by atoms with Crippen molar-refractivity contribution in [1.82, 2.24) is 0 Å². The molecular weight excluding hydrogens is 416 g/mol. The Bertz CT molecular complexity index is 1550. The Balaban J connectivity index is 1.73. The molecule has 1 aliphatic rings. The van der Waals surface area contributed by atoms with Crippen LogP contribution in [0.1, 0.15) is 19.4 Å². The van der Waals surface area contributed by atoms with E-state index in [0.717, 1.165) is 38.3 Å². The molecule has 0 spiro atoms. The normalized spacial score (nSPS) is 14.4. The molecule has 1 aliphatic heterocycles. The van der Waals surface area contributed by atoms with Crippen molar-refractivity contribution in [1.29, 1.82) is 0 Å². The first-order chi connectivity index (χ1) is 15.5. The number of hydrogen-bond donors (Lipinski definition) is 0. The third kappa shape index (κ3) is 3.07. The maximum absolute atomic E-state index is 12.5. The van der Waals surface area contributed by atoms with Crippen molar-refractivity contribution in [3.05, 3.63) is 94.9 Å². The van der Waals surface area contributed by atoms with Crippen LogP contribution < -0.4 is 10.4 Å². The lowest BCUT2D eigenvalue weighted by atomic mass is 9.92. The van der Waals surface area contributed by atoms with Gasteiger partial charge < -0.3 is 9.15 Å². The average molecular weight is 437 g/mol. The highest BCUT2D eigenvalue weighted by Gasteiger charge is 2.28. The van der Waals surface area contributed by atoms with Crippen molar-refractivity contribution in [3.63, 3.8) is 0 Å². The van der Waals surface area contributed by atoms with Gasteiger partial charge in [0.2, 0.25) is 0 Å². The van der Waals surface area contributed by atoms with Gasteiger partial charge in [0.1, 0.15) is 16.9 Å². The van der Waals surface area contributed by atoms with Crippen LogP contribution in [-0.4, -0.2) is 5.60 Å². The largest absolute Gasteiger partial charge is 0.482 e. The molecule has 2 aromatic heterocycles. The van der Waals surface area contributed by atoms with E-state index in [1.807, 2.05) is 56.3 Å². The van der Waals surface area contributed by atoms with Gasteiger partial charge >= 0.3 is 5.63 Å². The van der Waals surface area contributed by atoms with Crippen LogP contribution >= 0.6 is 11.3 Å². The maximum Gasteiger partial charge on any atom is 0.336 e. The summed E-state index contributed by atoms with van der Waals surface area (Å²) in [6.07, 6.45) is 4.22. The second-order valence-corrected chi connectivity index (χ2v) is 9.66. The van der Waals surface area contributed by atoms with Crippen molar-refractivity contribution < 1.29 is 9.15 Å². The van der Waals surface area contributed by atoms with Crippen molar-refractivity contribution in [2.45, 2.75) is 19.4 Å². The van der Waals surface area contributed by atoms with E-state index >= 15 is 0 Å². The van der Waals surface area contributed by atoms with E-state index in [2.05, 4.69) is 36.4 Å². The molecule has 156 valence electrons. The zero-order valence-corrected chi connectivity index (χ0v) is 18.5. The molecule has 5 aromatic rings. The predicted molar refractivity (Wildman–Crippen MR) is 132 cm³/mol. The SMILES string of the molecule is CC1(C)C=Cc2c(-c3cc4ccccc4s3)cc3oc(=O)cc(-c4ccccc4)c3c2O1. The van der Waals surface area contributed by atoms with Gasteiger partial charge in [-0.1, -0.05) is 54.6 Å². The van der Waals surface area contributed by atoms with E-state index in [4.69, 9.17) is 9.15 Å². The summed E-state index contributed by atoms with van der Waals surface area (Å²) in [5, 5.41) is 2.02. The van der Waals surface area contributed by atoms with Gasteiger partial charge in [0.25, 0.3) is 0 Å². The van der Waals surface area contributed by atoms with Crippen LogP contribution in [0.15, 0.2) is 88.1 Å². The van der Waals surface area contributed by atoms with Crippen molar-refractivity contribution in [2.24, 2.45) is 0 Å². The number of benzene rings is 3. The van der Waals surface area contributed by atoms with Crippen LogP contribution in [-0.2, 0) is 0 Å². The zero-order valence-electron chi connectivity index (χ0n) is 17.7. The summed E-state index contributed by atoms with van der Waals surface area (Å²) in [6.45, 7) is 4.07. The molecule has 6 rings (SSSR count). The average Bonchev–Trinajstić information content (AvgIpc) is 3.22. The first kappa shape index (κ1) is 19.1. The Morgan fingerprint density at radius 3 is 2.47 bits per heavy atom. The highest BCUT2D eigenvalue weighted by atomic mass is 32.1. The Hall–Kier alpha value is -3.63. The first-order valence-electron chi connectivity index (χ1n) is 10.6. The summed E-state index contributed by atoms with van der Waals surface area (Å²) in [4.78, 5) is 13.7. The van der Waals surface area contributed by atoms with Crippen LogP contribution in [0.2, 0.25) is 0 Å². The minimum absolute atomic E-state index is 0.371. The molecule has 0 saturated heterocycles. The third-order valence-corrected chi connectivity index (χ3v) is 6.97. The monoisotopic (exact) mass is 436 g/mol. The molecule has 32 heavy (non-hydrogen) atoms. The molecule has 0 fully saturated rings. The summed E-state index contributed by atoms with van der Waals surface area (Å²) >= 11 is 1.73. The molecule has 0 saturated carbocycles. The van der Waals surface area contributed by atoms with Gasteiger partial charge in [-0.15, -0.1) is 11.3 Å². The van der Waals surface area contributed by atoms with E-state index in [9.17, 15) is 4.79 Å². The van der Waals surface area contributed by atoms with E-state index in [1.165, 1.54) is 10.1 Å². The van der Waals surface area contributed by atoms with Crippen molar-refractivity contribution in [2.75, 3.05) is 0 Å². The van der Waals surface area contributed by atoms with Gasteiger partial charge in [0, 0.05) is 32.3 Å². The fourth-order valence-corrected chi connectivity index (χ4v) is 5.42. The Morgan fingerprint density at radius 2 is 1.66 bits per heavy atom. The lowest BCUT2D eigenvalue weighted by Crippen LogP contribution is -2.28. The van der Waals surface area contributed by atoms with E-state index in [1.54, 1.807) is 17.4 Å². The molecule has 3 aromatic carbocycles. The summed E-state index contributed by atoms with van der Waals surface area (Å²) in [5.41, 5.74) is 3.49. The molecule has 4 heteroatoms.